The van der Waals surface area contributed by atoms with Gasteiger partial charge in [-0.1, -0.05) is 0 Å². The van der Waals surface area contributed by atoms with Crippen LogP contribution in [-0.4, -0.2) is 32.9 Å². The summed E-state index contributed by atoms with van der Waals surface area (Å²) in [6.45, 7) is 4.52. The fraction of sp³-hybridized carbons (Fsp3) is 0.292. The molecule has 0 N–H and O–H groups in total. The molecule has 1 aliphatic heterocycles. The van der Waals surface area contributed by atoms with Crippen LogP contribution in [0, 0.1) is 13.8 Å². The van der Waals surface area contributed by atoms with Crippen molar-refractivity contribution >= 4 is 28.6 Å². The van der Waals surface area contributed by atoms with E-state index in [1.165, 1.54) is 14.2 Å². The topological polar surface area (TPSA) is 95.3 Å². The Hall–Kier alpha value is -3.81. The normalized spacial score (nSPS) is 12.8. The zero-order chi connectivity index (χ0) is 23.0. The first-order valence-electron chi connectivity index (χ1n) is 10.1. The van der Waals surface area contributed by atoms with E-state index in [1.54, 1.807) is 19.1 Å². The molecule has 2 heterocycles. The number of aryl methyl sites for hydroxylation is 2. The molecule has 2 aromatic carbocycles. The van der Waals surface area contributed by atoms with E-state index in [0.717, 1.165) is 22.2 Å². The van der Waals surface area contributed by atoms with Gasteiger partial charge in [0.05, 0.1) is 31.8 Å². The van der Waals surface area contributed by atoms with Crippen LogP contribution >= 0.6 is 0 Å². The van der Waals surface area contributed by atoms with Crippen molar-refractivity contribution in [1.29, 1.82) is 0 Å². The van der Waals surface area contributed by atoms with Gasteiger partial charge in [0.2, 0.25) is 0 Å². The van der Waals surface area contributed by atoms with Gasteiger partial charge in [0.25, 0.3) is 0 Å². The Balaban J connectivity index is 1.73. The molecular formula is C24H23NO7. The van der Waals surface area contributed by atoms with Crippen molar-refractivity contribution in [2.24, 2.45) is 0 Å². The molecule has 0 saturated carbocycles. The van der Waals surface area contributed by atoms with E-state index < -0.39 is 17.6 Å². The van der Waals surface area contributed by atoms with Crippen LogP contribution in [0.5, 0.6) is 5.75 Å². The van der Waals surface area contributed by atoms with Crippen molar-refractivity contribution in [2.45, 2.75) is 26.8 Å². The highest BCUT2D eigenvalue weighted by Gasteiger charge is 2.25. The standard InChI is InChI=1S/C24H23NO7/c1-13-18-9-16-11-25(17-7-5-15(6-8-17)23(27)30-4)12-31-21(16)14(2)22(18)32-24(28)19(13)10-20(26)29-3/h5-9H,10-12H2,1-4H3. The molecule has 0 fully saturated rings. The Labute approximate surface area is 184 Å². The highest BCUT2D eigenvalue weighted by atomic mass is 16.5. The minimum atomic E-state index is -0.549. The van der Waals surface area contributed by atoms with E-state index in [0.29, 0.717) is 35.7 Å². The highest BCUT2D eigenvalue weighted by Crippen LogP contribution is 2.37. The van der Waals surface area contributed by atoms with Gasteiger partial charge < -0.3 is 23.5 Å². The maximum Gasteiger partial charge on any atom is 0.340 e. The summed E-state index contributed by atoms with van der Waals surface area (Å²) in [7, 11) is 2.63. The quantitative estimate of drug-likeness (QED) is 0.453. The minimum Gasteiger partial charge on any atom is -0.472 e. The summed E-state index contributed by atoms with van der Waals surface area (Å²) in [5.74, 6) is -0.207. The Morgan fingerprint density at radius 1 is 1.06 bits per heavy atom. The van der Waals surface area contributed by atoms with Crippen LogP contribution in [0.25, 0.3) is 11.0 Å². The molecule has 0 unspecified atom stereocenters. The fourth-order valence-corrected chi connectivity index (χ4v) is 3.96. The molecule has 0 atom stereocenters. The Kier molecular flexibility index (Phi) is 5.61. The zero-order valence-corrected chi connectivity index (χ0v) is 18.3. The van der Waals surface area contributed by atoms with E-state index in [4.69, 9.17) is 18.6 Å². The maximum atomic E-state index is 12.5. The average Bonchev–Trinajstić information content (AvgIpc) is 2.81. The van der Waals surface area contributed by atoms with Crippen LogP contribution < -0.4 is 15.3 Å². The second-order valence-electron chi connectivity index (χ2n) is 7.62. The summed E-state index contributed by atoms with van der Waals surface area (Å²) in [6, 6.07) is 9.03. The highest BCUT2D eigenvalue weighted by molar-refractivity contribution is 5.90. The van der Waals surface area contributed by atoms with Crippen LogP contribution in [0.15, 0.2) is 39.5 Å². The smallest absolute Gasteiger partial charge is 0.340 e. The van der Waals surface area contributed by atoms with Crippen molar-refractivity contribution in [3.63, 3.8) is 0 Å². The molecule has 0 amide bonds. The van der Waals surface area contributed by atoms with Gasteiger partial charge in [-0.05, 0) is 49.7 Å². The maximum absolute atomic E-state index is 12.5. The molecule has 1 aromatic heterocycles. The van der Waals surface area contributed by atoms with Crippen LogP contribution in [-0.2, 0) is 27.2 Å². The van der Waals surface area contributed by atoms with Crippen LogP contribution in [0.3, 0.4) is 0 Å². The number of nitrogens with zero attached hydrogens (tertiary/aromatic N) is 1. The Morgan fingerprint density at radius 2 is 1.78 bits per heavy atom. The number of ether oxygens (including phenoxy) is 3. The zero-order valence-electron chi connectivity index (χ0n) is 18.3. The third-order valence-corrected chi connectivity index (χ3v) is 5.76. The molecule has 0 aliphatic carbocycles. The van der Waals surface area contributed by atoms with Crippen LogP contribution in [0.4, 0.5) is 5.69 Å². The molecule has 8 nitrogen and oxygen atoms in total. The number of carbonyl (C=O) groups excluding carboxylic acids is 2. The van der Waals surface area contributed by atoms with Gasteiger partial charge in [0, 0.05) is 28.7 Å². The van der Waals surface area contributed by atoms with E-state index in [9.17, 15) is 14.4 Å². The van der Waals surface area contributed by atoms with E-state index >= 15 is 0 Å². The SMILES string of the molecule is COC(=O)Cc1c(C)c2cc3c(c(C)c2oc1=O)OCN(c1ccc(C(=O)OC)cc1)C3. The number of fused-ring (bicyclic) bond motifs is 2. The van der Waals surface area contributed by atoms with Gasteiger partial charge in [0.15, 0.2) is 6.73 Å². The van der Waals surface area contributed by atoms with Crippen LogP contribution in [0.1, 0.15) is 32.6 Å². The number of methoxy groups -OCH3 is 2. The molecule has 0 saturated heterocycles. The van der Waals surface area contributed by atoms with Crippen molar-refractivity contribution in [2.75, 3.05) is 25.9 Å². The summed E-state index contributed by atoms with van der Waals surface area (Å²) >= 11 is 0. The number of hydrogen-bond acceptors (Lipinski definition) is 8. The molecule has 4 rings (SSSR count). The van der Waals surface area contributed by atoms with Gasteiger partial charge in [-0.2, -0.15) is 0 Å². The Bertz CT molecular complexity index is 1270. The number of anilines is 1. The summed E-state index contributed by atoms with van der Waals surface area (Å²) in [6.07, 6.45) is -0.147. The lowest BCUT2D eigenvalue weighted by atomic mass is 9.97. The van der Waals surface area contributed by atoms with Crippen LogP contribution in [0.2, 0.25) is 0 Å². The molecule has 166 valence electrons. The molecule has 32 heavy (non-hydrogen) atoms. The summed E-state index contributed by atoms with van der Waals surface area (Å²) in [4.78, 5) is 38.0. The number of carbonyl (C=O) groups is 2. The number of hydrogen-bond donors (Lipinski definition) is 0. The average molecular weight is 437 g/mol. The molecule has 8 heteroatoms. The first kappa shape index (κ1) is 21.4. The number of rotatable bonds is 4. The van der Waals surface area contributed by atoms with E-state index in [-0.39, 0.29) is 12.0 Å². The van der Waals surface area contributed by atoms with Gasteiger partial charge in [0.1, 0.15) is 11.3 Å². The second-order valence-corrected chi connectivity index (χ2v) is 7.62. The largest absolute Gasteiger partial charge is 0.472 e. The van der Waals surface area contributed by atoms with Gasteiger partial charge in [-0.25, -0.2) is 9.59 Å². The Morgan fingerprint density at radius 3 is 2.44 bits per heavy atom. The molecule has 3 aromatic rings. The fourth-order valence-electron chi connectivity index (χ4n) is 3.96. The van der Waals surface area contributed by atoms with Crippen molar-refractivity contribution in [3.8, 4) is 5.75 Å². The first-order chi connectivity index (χ1) is 15.3. The van der Waals surface area contributed by atoms with E-state index in [2.05, 4.69) is 0 Å². The van der Waals surface area contributed by atoms with Crippen molar-refractivity contribution in [1.82, 2.24) is 0 Å². The number of esters is 2. The predicted octanol–water partition coefficient (Wildman–Crippen LogP) is 3.27. The third kappa shape index (κ3) is 3.68. The molecule has 0 spiro atoms. The van der Waals surface area contributed by atoms with Crippen molar-refractivity contribution < 1.29 is 28.2 Å². The summed E-state index contributed by atoms with van der Waals surface area (Å²) in [5.41, 5.74) is 3.91. The van der Waals surface area contributed by atoms with Gasteiger partial charge in [-0.3, -0.25) is 4.79 Å². The number of benzene rings is 2. The molecule has 0 radical (unpaired) electrons. The molecule has 0 bridgehead atoms. The molecule has 1 aliphatic rings. The summed E-state index contributed by atoms with van der Waals surface area (Å²) < 4.78 is 21.0. The lowest BCUT2D eigenvalue weighted by molar-refractivity contribution is -0.139. The third-order valence-electron chi connectivity index (χ3n) is 5.76. The van der Waals surface area contributed by atoms with Gasteiger partial charge in [-0.15, -0.1) is 0 Å². The first-order valence-corrected chi connectivity index (χ1v) is 10.1. The predicted molar refractivity (Wildman–Crippen MR) is 117 cm³/mol. The van der Waals surface area contributed by atoms with Crippen molar-refractivity contribution in [3.05, 3.63) is 68.6 Å². The lowest BCUT2D eigenvalue weighted by Crippen LogP contribution is -2.32. The monoisotopic (exact) mass is 437 g/mol. The van der Waals surface area contributed by atoms with Gasteiger partial charge >= 0.3 is 17.6 Å². The molecular weight excluding hydrogens is 414 g/mol. The minimum absolute atomic E-state index is 0.147. The lowest BCUT2D eigenvalue weighted by Gasteiger charge is -2.32. The second kappa shape index (κ2) is 8.37. The van der Waals surface area contributed by atoms with E-state index in [1.807, 2.05) is 30.0 Å². The summed E-state index contributed by atoms with van der Waals surface area (Å²) in [5, 5.41) is 0.756.